The van der Waals surface area contributed by atoms with Gasteiger partial charge in [-0.1, -0.05) is 45.8 Å². The van der Waals surface area contributed by atoms with Gasteiger partial charge in [-0.15, -0.1) is 0 Å². The van der Waals surface area contributed by atoms with Crippen molar-refractivity contribution >= 4 is 31.9 Å². The first kappa shape index (κ1) is 20.0. The quantitative estimate of drug-likeness (QED) is 0.515. The average Bonchev–Trinajstić information content (AvgIpc) is 3.31. The van der Waals surface area contributed by atoms with Crippen LogP contribution in [0.3, 0.4) is 0 Å². The van der Waals surface area contributed by atoms with Gasteiger partial charge >= 0.3 is 5.97 Å². The molecular formula is C20H22BrNO4S. The molecule has 0 N–H and O–H groups in total. The second-order valence-corrected chi connectivity index (χ2v) is 10.4. The molecule has 0 bridgehead atoms. The summed E-state index contributed by atoms with van der Waals surface area (Å²) in [5.41, 5.74) is 1.03. The normalized spacial score (nSPS) is 22.3. The van der Waals surface area contributed by atoms with Crippen LogP contribution in [0.5, 0.6) is 0 Å². The Balaban J connectivity index is 1.98. The van der Waals surface area contributed by atoms with E-state index in [4.69, 9.17) is 4.74 Å². The molecule has 2 aromatic rings. The van der Waals surface area contributed by atoms with Crippen LogP contribution in [-0.2, 0) is 19.6 Å². The molecule has 2 aromatic carbocycles. The van der Waals surface area contributed by atoms with Crippen LogP contribution in [-0.4, -0.2) is 30.3 Å². The molecule has 0 aliphatic carbocycles. The predicted octanol–water partition coefficient (Wildman–Crippen LogP) is 4.21. The summed E-state index contributed by atoms with van der Waals surface area (Å²) in [6.45, 7) is 7.18. The number of rotatable bonds is 4. The van der Waals surface area contributed by atoms with E-state index in [0.29, 0.717) is 0 Å². The monoisotopic (exact) mass is 451 g/mol. The van der Waals surface area contributed by atoms with Crippen molar-refractivity contribution in [1.82, 2.24) is 4.31 Å². The molecule has 0 amide bonds. The second-order valence-electron chi connectivity index (χ2n) is 7.62. The number of sulfonamides is 1. The highest BCUT2D eigenvalue weighted by molar-refractivity contribution is 9.10. The van der Waals surface area contributed by atoms with Gasteiger partial charge in [-0.25, -0.2) is 8.42 Å². The zero-order valence-corrected chi connectivity index (χ0v) is 18.0. The van der Waals surface area contributed by atoms with Gasteiger partial charge in [0.1, 0.15) is 11.6 Å². The number of aryl methyl sites for hydroxylation is 1. The number of nitrogens with zero attached hydrogens (tertiary/aromatic N) is 1. The van der Waals surface area contributed by atoms with Crippen molar-refractivity contribution in [3.8, 4) is 0 Å². The molecule has 5 nitrogen and oxygen atoms in total. The molecule has 144 valence electrons. The van der Waals surface area contributed by atoms with Crippen molar-refractivity contribution in [3.05, 3.63) is 64.1 Å². The molecule has 1 unspecified atom stereocenters. The van der Waals surface area contributed by atoms with Crippen molar-refractivity contribution in [2.75, 3.05) is 0 Å². The fourth-order valence-electron chi connectivity index (χ4n) is 2.93. The number of benzene rings is 2. The van der Waals surface area contributed by atoms with E-state index >= 15 is 0 Å². The summed E-state index contributed by atoms with van der Waals surface area (Å²) in [7, 11) is -3.82. The van der Waals surface area contributed by atoms with Crippen LogP contribution >= 0.6 is 15.9 Å². The summed E-state index contributed by atoms with van der Waals surface area (Å²) in [5.74, 6) is -0.536. The minimum Gasteiger partial charge on any atom is -0.459 e. The molecule has 3 rings (SSSR count). The van der Waals surface area contributed by atoms with Crippen LogP contribution in [0, 0.1) is 6.92 Å². The molecule has 0 spiro atoms. The van der Waals surface area contributed by atoms with Crippen LogP contribution in [0.2, 0.25) is 0 Å². The van der Waals surface area contributed by atoms with Gasteiger partial charge in [0, 0.05) is 4.47 Å². The molecule has 27 heavy (non-hydrogen) atoms. The molecule has 1 heterocycles. The summed E-state index contributed by atoms with van der Waals surface area (Å²) in [6.07, 6.45) is 0. The van der Waals surface area contributed by atoms with Gasteiger partial charge in [-0.05, 0) is 57.5 Å². The first-order chi connectivity index (χ1) is 12.5. The van der Waals surface area contributed by atoms with Gasteiger partial charge in [-0.3, -0.25) is 4.79 Å². The molecule has 1 fully saturated rings. The van der Waals surface area contributed by atoms with Crippen molar-refractivity contribution in [3.63, 3.8) is 0 Å². The van der Waals surface area contributed by atoms with Crippen molar-refractivity contribution < 1.29 is 17.9 Å². The van der Waals surface area contributed by atoms with E-state index in [-0.39, 0.29) is 4.90 Å². The van der Waals surface area contributed by atoms with E-state index in [0.717, 1.165) is 15.6 Å². The van der Waals surface area contributed by atoms with Crippen LogP contribution in [0.4, 0.5) is 0 Å². The minimum absolute atomic E-state index is 0.168. The van der Waals surface area contributed by atoms with Gasteiger partial charge in [0.15, 0.2) is 0 Å². The number of carbonyl (C=O) groups is 1. The topological polar surface area (TPSA) is 63.5 Å². The highest BCUT2D eigenvalue weighted by Crippen LogP contribution is 2.48. The maximum absolute atomic E-state index is 13.1. The van der Waals surface area contributed by atoms with E-state index < -0.39 is 33.7 Å². The summed E-state index contributed by atoms with van der Waals surface area (Å²) < 4.78 is 33.9. The van der Waals surface area contributed by atoms with Crippen molar-refractivity contribution in [2.45, 2.75) is 50.3 Å². The summed E-state index contributed by atoms with van der Waals surface area (Å²) in [6, 6.07) is 12.5. The Labute approximate surface area is 168 Å². The van der Waals surface area contributed by atoms with Crippen LogP contribution in [0.15, 0.2) is 57.9 Å². The van der Waals surface area contributed by atoms with Gasteiger partial charge in [-0.2, -0.15) is 4.31 Å². The first-order valence-corrected chi connectivity index (χ1v) is 10.8. The van der Waals surface area contributed by atoms with Crippen LogP contribution in [0.1, 0.15) is 37.9 Å². The SMILES string of the molecule is Cc1ccc(S(=O)(=O)N2[C@H](C(=O)OC(C)(C)C)[C@H]2c2ccc(Br)cc2)cc1. The zero-order valence-electron chi connectivity index (χ0n) is 15.6. The molecule has 7 heteroatoms. The predicted molar refractivity (Wildman–Crippen MR) is 107 cm³/mol. The van der Waals surface area contributed by atoms with Gasteiger partial charge in [0.05, 0.1) is 10.9 Å². The lowest BCUT2D eigenvalue weighted by molar-refractivity contribution is -0.154. The van der Waals surface area contributed by atoms with Gasteiger partial charge in [0.25, 0.3) is 0 Å². The second kappa shape index (κ2) is 7.04. The Morgan fingerprint density at radius 3 is 2.11 bits per heavy atom. The molecular weight excluding hydrogens is 430 g/mol. The molecule has 0 saturated carbocycles. The first-order valence-electron chi connectivity index (χ1n) is 8.59. The molecule has 1 aliphatic rings. The van der Waals surface area contributed by atoms with Gasteiger partial charge in [0.2, 0.25) is 10.0 Å². The smallest absolute Gasteiger partial charge is 0.327 e. The number of esters is 1. The Kier molecular flexibility index (Phi) is 5.22. The molecule has 3 atom stereocenters. The minimum atomic E-state index is -3.82. The third-order valence-corrected chi connectivity index (χ3v) is 6.62. The average molecular weight is 452 g/mol. The Morgan fingerprint density at radius 2 is 1.59 bits per heavy atom. The van der Waals surface area contributed by atoms with E-state index in [2.05, 4.69) is 15.9 Å². The Bertz CT molecular complexity index is 947. The fraction of sp³-hybridized carbons (Fsp3) is 0.350. The number of ether oxygens (including phenoxy) is 1. The van der Waals surface area contributed by atoms with Crippen molar-refractivity contribution in [1.29, 1.82) is 0 Å². The third-order valence-electron chi connectivity index (χ3n) is 4.21. The highest BCUT2D eigenvalue weighted by Gasteiger charge is 2.61. The van der Waals surface area contributed by atoms with E-state index in [9.17, 15) is 13.2 Å². The Morgan fingerprint density at radius 1 is 1.04 bits per heavy atom. The molecule has 0 aromatic heterocycles. The lowest BCUT2D eigenvalue weighted by Crippen LogP contribution is -2.29. The Hall–Kier alpha value is -1.70. The van der Waals surface area contributed by atoms with Crippen LogP contribution in [0.25, 0.3) is 0 Å². The van der Waals surface area contributed by atoms with E-state index in [1.54, 1.807) is 45.0 Å². The summed E-state index contributed by atoms with van der Waals surface area (Å²) >= 11 is 3.37. The van der Waals surface area contributed by atoms with E-state index in [1.165, 1.54) is 4.31 Å². The molecule has 1 aliphatic heterocycles. The number of hydrogen-bond donors (Lipinski definition) is 0. The molecule has 0 radical (unpaired) electrons. The summed E-state index contributed by atoms with van der Waals surface area (Å²) in [5, 5.41) is 0. The third kappa shape index (κ3) is 4.25. The lowest BCUT2D eigenvalue weighted by Gasteiger charge is -2.19. The maximum atomic E-state index is 13.1. The largest absolute Gasteiger partial charge is 0.459 e. The summed E-state index contributed by atoms with van der Waals surface area (Å²) in [4.78, 5) is 12.8. The van der Waals surface area contributed by atoms with Crippen molar-refractivity contribution in [2.24, 2.45) is 0 Å². The standard InChI is InChI=1S/C20H22BrNO4S/c1-13-5-11-16(12-6-13)27(24,25)22-17(14-7-9-15(21)10-8-14)18(22)19(23)26-20(2,3)4/h5-12,17-18H,1-4H3/t17-,18+,22?/m1/s1. The number of carbonyl (C=O) groups excluding carboxylic acids is 1. The van der Waals surface area contributed by atoms with E-state index in [1.807, 2.05) is 31.2 Å². The van der Waals surface area contributed by atoms with Crippen LogP contribution < -0.4 is 0 Å². The fourth-order valence-corrected chi connectivity index (χ4v) is 4.90. The number of hydrogen-bond acceptors (Lipinski definition) is 4. The zero-order chi connectivity index (χ0) is 20.0. The lowest BCUT2D eigenvalue weighted by atomic mass is 10.1. The number of halogens is 1. The molecule has 1 saturated heterocycles. The highest BCUT2D eigenvalue weighted by atomic mass is 79.9. The maximum Gasteiger partial charge on any atom is 0.327 e. The van der Waals surface area contributed by atoms with Gasteiger partial charge < -0.3 is 4.74 Å².